The summed E-state index contributed by atoms with van der Waals surface area (Å²) in [7, 11) is 0. The van der Waals surface area contributed by atoms with Gasteiger partial charge < -0.3 is 10.3 Å². The fourth-order valence-corrected chi connectivity index (χ4v) is 2.00. The van der Waals surface area contributed by atoms with Gasteiger partial charge in [0.05, 0.1) is 0 Å². The molecule has 3 heterocycles. The predicted octanol–water partition coefficient (Wildman–Crippen LogP) is 1.74. The summed E-state index contributed by atoms with van der Waals surface area (Å²) in [5.41, 5.74) is 2.69. The lowest BCUT2D eigenvalue weighted by Crippen LogP contribution is -2.00. The van der Waals surface area contributed by atoms with Crippen molar-refractivity contribution >= 4 is 28.1 Å². The number of aromatic amines is 1. The Balaban J connectivity index is 1.72. The van der Waals surface area contributed by atoms with E-state index in [-0.39, 0.29) is 0 Å². The highest BCUT2D eigenvalue weighted by Gasteiger charge is 2.02. The zero-order chi connectivity index (χ0) is 12.7. The average Bonchev–Trinajstić information content (AvgIpc) is 3.05. The van der Waals surface area contributed by atoms with Crippen molar-refractivity contribution in [3.05, 3.63) is 42.6 Å². The molecule has 0 aliphatic rings. The van der Waals surface area contributed by atoms with E-state index in [1.807, 2.05) is 36.5 Å². The van der Waals surface area contributed by atoms with Crippen LogP contribution < -0.4 is 5.32 Å². The Morgan fingerprint density at radius 2 is 2.11 bits per heavy atom. The van der Waals surface area contributed by atoms with Gasteiger partial charge in [-0.2, -0.15) is 0 Å². The molecule has 3 aromatic heterocycles. The second kappa shape index (κ2) is 3.77. The lowest BCUT2D eigenvalue weighted by Gasteiger charge is -2.05. The number of hydrogen-bond donors (Lipinski definition) is 2. The Morgan fingerprint density at radius 1 is 1.11 bits per heavy atom. The Morgan fingerprint density at radius 3 is 3.11 bits per heavy atom. The largest absolute Gasteiger partial charge is 0.361 e. The minimum Gasteiger partial charge on any atom is -0.361 e. The van der Waals surface area contributed by atoms with E-state index < -0.39 is 0 Å². The number of rotatable bonds is 2. The van der Waals surface area contributed by atoms with Crippen molar-refractivity contribution in [2.45, 2.75) is 0 Å². The van der Waals surface area contributed by atoms with E-state index in [9.17, 15) is 0 Å². The summed E-state index contributed by atoms with van der Waals surface area (Å²) in [6.07, 6.45) is 1.92. The molecule has 4 rings (SSSR count). The SMILES string of the molecule is c1cc2cc(Nc3ccc4nnnn4n3)ccc2[nH]1. The Bertz CT molecular complexity index is 788. The zero-order valence-electron chi connectivity index (χ0n) is 9.78. The van der Waals surface area contributed by atoms with Crippen LogP contribution in [0.3, 0.4) is 0 Å². The summed E-state index contributed by atoms with van der Waals surface area (Å²) >= 11 is 0. The molecule has 0 amide bonds. The number of tetrazole rings is 1. The summed E-state index contributed by atoms with van der Waals surface area (Å²) in [6, 6.07) is 11.7. The molecule has 7 heteroatoms. The normalized spacial score (nSPS) is 11.2. The molecule has 7 nitrogen and oxygen atoms in total. The number of nitrogens with zero attached hydrogens (tertiary/aromatic N) is 5. The van der Waals surface area contributed by atoms with Crippen LogP contribution >= 0.6 is 0 Å². The van der Waals surface area contributed by atoms with E-state index in [0.29, 0.717) is 11.5 Å². The molecule has 0 saturated carbocycles. The van der Waals surface area contributed by atoms with Gasteiger partial charge >= 0.3 is 0 Å². The van der Waals surface area contributed by atoms with E-state index in [0.717, 1.165) is 16.6 Å². The molecule has 0 bridgehead atoms. The smallest absolute Gasteiger partial charge is 0.200 e. The van der Waals surface area contributed by atoms with Crippen LogP contribution in [0.2, 0.25) is 0 Å². The third kappa shape index (κ3) is 1.68. The highest BCUT2D eigenvalue weighted by Crippen LogP contribution is 2.20. The predicted molar refractivity (Wildman–Crippen MR) is 70.2 cm³/mol. The number of anilines is 2. The molecule has 0 unspecified atom stereocenters. The van der Waals surface area contributed by atoms with Crippen molar-refractivity contribution in [2.24, 2.45) is 0 Å². The van der Waals surface area contributed by atoms with Gasteiger partial charge in [-0.25, -0.2) is 0 Å². The highest BCUT2D eigenvalue weighted by atomic mass is 15.6. The van der Waals surface area contributed by atoms with Gasteiger partial charge in [-0.1, -0.05) is 0 Å². The molecule has 1 aromatic carbocycles. The summed E-state index contributed by atoms with van der Waals surface area (Å²) in [4.78, 5) is 3.16. The zero-order valence-corrected chi connectivity index (χ0v) is 9.78. The minimum absolute atomic E-state index is 0.617. The van der Waals surface area contributed by atoms with Crippen molar-refractivity contribution in [1.29, 1.82) is 0 Å². The first-order valence-electron chi connectivity index (χ1n) is 5.78. The maximum atomic E-state index is 4.26. The van der Waals surface area contributed by atoms with Crippen molar-refractivity contribution in [1.82, 2.24) is 30.2 Å². The van der Waals surface area contributed by atoms with Gasteiger partial charge in [0.25, 0.3) is 0 Å². The summed E-state index contributed by atoms with van der Waals surface area (Å²) in [5, 5.41) is 19.8. The van der Waals surface area contributed by atoms with E-state index in [4.69, 9.17) is 0 Å². The van der Waals surface area contributed by atoms with Crippen LogP contribution in [-0.4, -0.2) is 30.2 Å². The number of aromatic nitrogens is 6. The number of benzene rings is 1. The first-order valence-corrected chi connectivity index (χ1v) is 5.78. The molecule has 0 fully saturated rings. The van der Waals surface area contributed by atoms with Crippen LogP contribution in [0, 0.1) is 0 Å². The maximum Gasteiger partial charge on any atom is 0.200 e. The highest BCUT2D eigenvalue weighted by molar-refractivity contribution is 5.83. The Kier molecular flexibility index (Phi) is 1.99. The van der Waals surface area contributed by atoms with E-state index in [1.165, 1.54) is 4.63 Å². The number of H-pyrrole nitrogens is 1. The number of fused-ring (bicyclic) bond motifs is 2. The molecule has 0 spiro atoms. The summed E-state index contributed by atoms with van der Waals surface area (Å²) in [5.74, 6) is 0.690. The van der Waals surface area contributed by atoms with Crippen molar-refractivity contribution in [3.63, 3.8) is 0 Å². The molecule has 0 radical (unpaired) electrons. The van der Waals surface area contributed by atoms with Gasteiger partial charge in [-0.3, -0.25) is 0 Å². The van der Waals surface area contributed by atoms with Gasteiger partial charge in [0.2, 0.25) is 0 Å². The van der Waals surface area contributed by atoms with Gasteiger partial charge in [0.15, 0.2) is 11.5 Å². The number of hydrogen-bond acceptors (Lipinski definition) is 5. The molecule has 0 aliphatic heterocycles. The fourth-order valence-electron chi connectivity index (χ4n) is 2.00. The number of nitrogens with one attached hydrogen (secondary N) is 2. The Hall–Kier alpha value is -2.96. The molecule has 2 N–H and O–H groups in total. The second-order valence-electron chi connectivity index (χ2n) is 4.15. The van der Waals surface area contributed by atoms with Gasteiger partial charge in [0, 0.05) is 22.8 Å². The van der Waals surface area contributed by atoms with Crippen LogP contribution in [0.5, 0.6) is 0 Å². The average molecular weight is 251 g/mol. The van der Waals surface area contributed by atoms with Crippen LogP contribution in [0.25, 0.3) is 16.6 Å². The van der Waals surface area contributed by atoms with Gasteiger partial charge in [-0.15, -0.1) is 14.8 Å². The molecule has 4 aromatic rings. The molecule has 0 atom stereocenters. The van der Waals surface area contributed by atoms with Gasteiger partial charge in [-0.05, 0) is 46.8 Å². The fraction of sp³-hybridized carbons (Fsp3) is 0. The maximum absolute atomic E-state index is 4.26. The van der Waals surface area contributed by atoms with Gasteiger partial charge in [0.1, 0.15) is 0 Å². The topological polar surface area (TPSA) is 83.8 Å². The van der Waals surface area contributed by atoms with E-state index in [1.54, 1.807) is 0 Å². The van der Waals surface area contributed by atoms with Crippen LogP contribution in [0.15, 0.2) is 42.6 Å². The molecule has 0 saturated heterocycles. The molecular weight excluding hydrogens is 242 g/mol. The Labute approximate surface area is 107 Å². The lowest BCUT2D eigenvalue weighted by molar-refractivity contribution is 0.736. The lowest BCUT2D eigenvalue weighted by atomic mass is 10.2. The van der Waals surface area contributed by atoms with Crippen molar-refractivity contribution in [3.8, 4) is 0 Å². The summed E-state index contributed by atoms with van der Waals surface area (Å²) < 4.78 is 1.39. The molecule has 92 valence electrons. The van der Waals surface area contributed by atoms with Crippen molar-refractivity contribution in [2.75, 3.05) is 5.32 Å². The van der Waals surface area contributed by atoms with Crippen molar-refractivity contribution < 1.29 is 0 Å². The first kappa shape index (κ1) is 10.0. The minimum atomic E-state index is 0.617. The standard InChI is InChI=1S/C12H9N7/c1-2-10-8(5-6-13-10)7-9(1)14-11-3-4-12-15-17-18-19(12)16-11/h1-7,13H,(H,14,16). The first-order chi connectivity index (χ1) is 9.38. The summed E-state index contributed by atoms with van der Waals surface area (Å²) in [6.45, 7) is 0. The molecular formula is C12H9N7. The van der Waals surface area contributed by atoms with E-state index >= 15 is 0 Å². The third-order valence-corrected chi connectivity index (χ3v) is 2.90. The molecule has 0 aliphatic carbocycles. The molecule has 19 heavy (non-hydrogen) atoms. The van der Waals surface area contributed by atoms with Crippen LogP contribution in [-0.2, 0) is 0 Å². The van der Waals surface area contributed by atoms with Crippen LogP contribution in [0.1, 0.15) is 0 Å². The van der Waals surface area contributed by atoms with E-state index in [2.05, 4.69) is 37.0 Å². The quantitative estimate of drug-likeness (QED) is 0.567. The third-order valence-electron chi connectivity index (χ3n) is 2.90. The second-order valence-corrected chi connectivity index (χ2v) is 4.15. The van der Waals surface area contributed by atoms with Crippen LogP contribution in [0.4, 0.5) is 11.5 Å². The monoisotopic (exact) mass is 251 g/mol.